The average Bonchev–Trinajstić information content (AvgIpc) is 2.83. The summed E-state index contributed by atoms with van der Waals surface area (Å²) in [6.07, 6.45) is -1.97. The number of allylic oxidation sites excluding steroid dienone is 1. The number of hydrogen-bond donors (Lipinski definition) is 0. The van der Waals surface area contributed by atoms with Crippen molar-refractivity contribution in [3.63, 3.8) is 0 Å². The van der Waals surface area contributed by atoms with Crippen LogP contribution < -0.4 is 0 Å². The number of likely N-dealkylation sites (tertiary alicyclic amines) is 1. The second kappa shape index (κ2) is 10.5. The third-order valence-electron chi connectivity index (χ3n) is 6.25. The van der Waals surface area contributed by atoms with Gasteiger partial charge in [0.2, 0.25) is 0 Å². The van der Waals surface area contributed by atoms with Crippen LogP contribution in [0.15, 0.2) is 72.9 Å². The van der Waals surface area contributed by atoms with Gasteiger partial charge in [-0.05, 0) is 60.4 Å². The maximum atomic E-state index is 13.2. The topological polar surface area (TPSA) is 42.4 Å². The largest absolute Gasteiger partial charge is 0.462 e. The van der Waals surface area contributed by atoms with Crippen molar-refractivity contribution >= 4 is 16.9 Å². The quantitative estimate of drug-likeness (QED) is 0.302. The molecule has 0 unspecified atom stereocenters. The molecule has 0 aliphatic carbocycles. The van der Waals surface area contributed by atoms with Crippen molar-refractivity contribution in [3.05, 3.63) is 89.6 Å². The standard InChI is InChI=1S/C29H27F3N2O2/c1-19(2)6-13-27(23-9-12-26-22(17-23)5-4-15-33-26)34-16-14-25(36-20(3)35)18-28(34)21-7-10-24(11-8-21)29(30,31)32/h4-5,7-12,15,17,25,27-28H,1,14,16,18H2,2-3H3/t25-,27-,28+/m1/s1. The lowest BCUT2D eigenvalue weighted by Crippen LogP contribution is -2.42. The summed E-state index contributed by atoms with van der Waals surface area (Å²) in [5.41, 5.74) is 2.53. The highest BCUT2D eigenvalue weighted by molar-refractivity contribution is 5.79. The molecule has 1 fully saturated rings. The number of carbonyl (C=O) groups excluding carboxylic acids is 1. The van der Waals surface area contributed by atoms with Gasteiger partial charge in [-0.25, -0.2) is 0 Å². The van der Waals surface area contributed by atoms with E-state index in [1.807, 2.05) is 37.3 Å². The molecule has 3 aromatic rings. The van der Waals surface area contributed by atoms with Crippen LogP contribution in [0.2, 0.25) is 0 Å². The Morgan fingerprint density at radius 2 is 1.92 bits per heavy atom. The van der Waals surface area contributed by atoms with Crippen molar-refractivity contribution in [2.24, 2.45) is 0 Å². The van der Waals surface area contributed by atoms with Gasteiger partial charge in [0.1, 0.15) is 6.10 Å². The molecule has 7 heteroatoms. The first-order valence-electron chi connectivity index (χ1n) is 11.7. The van der Waals surface area contributed by atoms with Gasteiger partial charge in [0.15, 0.2) is 0 Å². The Labute approximate surface area is 208 Å². The fraction of sp³-hybridized carbons (Fsp3) is 0.310. The molecule has 4 rings (SSSR count). The smallest absolute Gasteiger partial charge is 0.416 e. The Bertz CT molecular complexity index is 1320. The molecule has 1 aliphatic heterocycles. The number of nitrogens with zero attached hydrogens (tertiary/aromatic N) is 2. The lowest BCUT2D eigenvalue weighted by atomic mass is 9.89. The fourth-order valence-corrected chi connectivity index (χ4v) is 4.64. The zero-order valence-corrected chi connectivity index (χ0v) is 20.2. The summed E-state index contributed by atoms with van der Waals surface area (Å²) >= 11 is 0. The molecule has 4 nitrogen and oxygen atoms in total. The van der Waals surface area contributed by atoms with Gasteiger partial charge in [-0.1, -0.05) is 42.7 Å². The molecule has 3 atom stereocenters. The van der Waals surface area contributed by atoms with Crippen molar-refractivity contribution in [1.82, 2.24) is 9.88 Å². The molecule has 0 radical (unpaired) electrons. The van der Waals surface area contributed by atoms with Crippen LogP contribution in [0.5, 0.6) is 0 Å². The number of piperidine rings is 1. The number of carbonyl (C=O) groups is 1. The van der Waals surface area contributed by atoms with E-state index in [2.05, 4.69) is 28.3 Å². The molecule has 0 N–H and O–H groups in total. The minimum absolute atomic E-state index is 0.306. The second-order valence-corrected chi connectivity index (χ2v) is 9.04. The highest BCUT2D eigenvalue weighted by Crippen LogP contribution is 2.40. The minimum atomic E-state index is -4.42. The summed E-state index contributed by atoms with van der Waals surface area (Å²) < 4.78 is 45.1. The van der Waals surface area contributed by atoms with E-state index in [1.165, 1.54) is 19.1 Å². The molecule has 186 valence electrons. The number of fused-ring (bicyclic) bond motifs is 1. The van der Waals surface area contributed by atoms with E-state index in [0.29, 0.717) is 30.5 Å². The van der Waals surface area contributed by atoms with Crippen molar-refractivity contribution in [2.45, 2.75) is 51.1 Å². The Morgan fingerprint density at radius 3 is 2.58 bits per heavy atom. The van der Waals surface area contributed by atoms with Crippen LogP contribution in [0, 0.1) is 11.8 Å². The predicted octanol–water partition coefficient (Wildman–Crippen LogP) is 6.64. The molecular formula is C29H27F3N2O2. The van der Waals surface area contributed by atoms with Crippen LogP contribution >= 0.6 is 0 Å². The Balaban J connectivity index is 1.77. The molecule has 2 aromatic carbocycles. The maximum Gasteiger partial charge on any atom is 0.416 e. The normalized spacial score (nSPS) is 19.2. The summed E-state index contributed by atoms with van der Waals surface area (Å²) in [6.45, 7) is 7.64. The summed E-state index contributed by atoms with van der Waals surface area (Å²) in [5, 5.41) is 0.970. The molecule has 2 heterocycles. The number of alkyl halides is 3. The van der Waals surface area contributed by atoms with Crippen LogP contribution in [0.4, 0.5) is 13.2 Å². The lowest BCUT2D eigenvalue weighted by molar-refractivity contribution is -0.150. The van der Waals surface area contributed by atoms with Gasteiger partial charge in [0.25, 0.3) is 0 Å². The highest BCUT2D eigenvalue weighted by atomic mass is 19.4. The van der Waals surface area contributed by atoms with Crippen LogP contribution in [-0.4, -0.2) is 28.5 Å². The third-order valence-corrected chi connectivity index (χ3v) is 6.25. The number of halogens is 3. The van der Waals surface area contributed by atoms with Gasteiger partial charge >= 0.3 is 12.1 Å². The molecule has 0 amide bonds. The van der Waals surface area contributed by atoms with Gasteiger partial charge in [-0.3, -0.25) is 14.7 Å². The van der Waals surface area contributed by atoms with Crippen molar-refractivity contribution < 1.29 is 22.7 Å². The Kier molecular flexibility index (Phi) is 7.46. The van der Waals surface area contributed by atoms with Gasteiger partial charge in [-0.15, -0.1) is 0 Å². The number of aromatic nitrogens is 1. The Hall–Kier alpha value is -3.63. The number of pyridine rings is 1. The summed E-state index contributed by atoms with van der Waals surface area (Å²) in [6, 6.07) is 14.4. The minimum Gasteiger partial charge on any atom is -0.462 e. The third kappa shape index (κ3) is 5.95. The lowest BCUT2D eigenvalue weighted by Gasteiger charge is -2.42. The van der Waals surface area contributed by atoms with E-state index in [0.717, 1.165) is 28.6 Å². The van der Waals surface area contributed by atoms with Crippen molar-refractivity contribution in [1.29, 1.82) is 0 Å². The molecule has 1 aliphatic rings. The van der Waals surface area contributed by atoms with Crippen LogP contribution in [0.1, 0.15) is 55.5 Å². The molecule has 0 spiro atoms. The van der Waals surface area contributed by atoms with Crippen molar-refractivity contribution in [3.8, 4) is 11.8 Å². The van der Waals surface area contributed by atoms with E-state index >= 15 is 0 Å². The van der Waals surface area contributed by atoms with Gasteiger partial charge in [0, 0.05) is 37.5 Å². The Morgan fingerprint density at radius 1 is 1.17 bits per heavy atom. The molecule has 1 aromatic heterocycles. The van der Waals surface area contributed by atoms with Crippen LogP contribution in [0.25, 0.3) is 10.9 Å². The maximum absolute atomic E-state index is 13.2. The fourth-order valence-electron chi connectivity index (χ4n) is 4.64. The predicted molar refractivity (Wildman–Crippen MR) is 133 cm³/mol. The van der Waals surface area contributed by atoms with E-state index in [-0.39, 0.29) is 24.2 Å². The van der Waals surface area contributed by atoms with E-state index in [4.69, 9.17) is 4.74 Å². The SMILES string of the molecule is C=C(C)C#C[C@H](c1ccc2ncccc2c1)N1CC[C@@H](OC(C)=O)C[C@H]1c1ccc(C(F)(F)F)cc1. The molecule has 1 saturated heterocycles. The summed E-state index contributed by atoms with van der Waals surface area (Å²) in [7, 11) is 0. The number of hydrogen-bond acceptors (Lipinski definition) is 4. The summed E-state index contributed by atoms with van der Waals surface area (Å²) in [5.74, 6) is 6.05. The zero-order valence-electron chi connectivity index (χ0n) is 20.2. The first kappa shape index (κ1) is 25.5. The average molecular weight is 493 g/mol. The van der Waals surface area contributed by atoms with E-state index in [1.54, 1.807) is 6.20 Å². The van der Waals surface area contributed by atoms with Crippen LogP contribution in [0.3, 0.4) is 0 Å². The molecule has 36 heavy (non-hydrogen) atoms. The van der Waals surface area contributed by atoms with Gasteiger partial charge < -0.3 is 4.74 Å². The number of esters is 1. The highest BCUT2D eigenvalue weighted by Gasteiger charge is 2.36. The molecule has 0 saturated carbocycles. The first-order valence-corrected chi connectivity index (χ1v) is 11.7. The molecule has 0 bridgehead atoms. The van der Waals surface area contributed by atoms with E-state index in [9.17, 15) is 18.0 Å². The monoisotopic (exact) mass is 492 g/mol. The summed E-state index contributed by atoms with van der Waals surface area (Å²) in [4.78, 5) is 18.2. The van der Waals surface area contributed by atoms with Gasteiger partial charge in [0.05, 0.1) is 17.1 Å². The molecular weight excluding hydrogens is 465 g/mol. The van der Waals surface area contributed by atoms with E-state index < -0.39 is 11.7 Å². The number of rotatable bonds is 4. The number of ether oxygens (including phenoxy) is 1. The van der Waals surface area contributed by atoms with Crippen LogP contribution in [-0.2, 0) is 15.7 Å². The van der Waals surface area contributed by atoms with Gasteiger partial charge in [-0.2, -0.15) is 13.2 Å². The first-order chi connectivity index (χ1) is 17.1. The zero-order chi connectivity index (χ0) is 25.9. The van der Waals surface area contributed by atoms with Crippen molar-refractivity contribution in [2.75, 3.05) is 6.54 Å². The number of benzene rings is 2. The second-order valence-electron chi connectivity index (χ2n) is 9.04.